The van der Waals surface area contributed by atoms with Crippen LogP contribution in [-0.2, 0) is 0 Å². The highest BCUT2D eigenvalue weighted by Crippen LogP contribution is 2.19. The SMILES string of the molecule is CC(CN)N(C)C(=O)c1ccc(F)cc1Br.Cl. The number of amides is 1. The molecule has 6 heteroatoms. The minimum absolute atomic E-state index is 0. The number of hydrogen-bond acceptors (Lipinski definition) is 2. The molecule has 0 heterocycles. The van der Waals surface area contributed by atoms with Crippen molar-refractivity contribution in [2.75, 3.05) is 13.6 Å². The van der Waals surface area contributed by atoms with Gasteiger partial charge in [0.1, 0.15) is 5.82 Å². The molecule has 3 nitrogen and oxygen atoms in total. The van der Waals surface area contributed by atoms with Crippen molar-refractivity contribution in [1.29, 1.82) is 0 Å². The normalized spacial score (nSPS) is 11.6. The summed E-state index contributed by atoms with van der Waals surface area (Å²) >= 11 is 3.17. The number of benzene rings is 1. The number of carbonyl (C=O) groups is 1. The lowest BCUT2D eigenvalue weighted by molar-refractivity contribution is 0.0747. The fourth-order valence-electron chi connectivity index (χ4n) is 1.21. The van der Waals surface area contributed by atoms with Crippen LogP contribution in [0.5, 0.6) is 0 Å². The molecule has 96 valence electrons. The first kappa shape index (κ1) is 16.4. The van der Waals surface area contributed by atoms with Crippen LogP contribution >= 0.6 is 28.3 Å². The van der Waals surface area contributed by atoms with Gasteiger partial charge in [-0.05, 0) is 41.1 Å². The Morgan fingerprint density at radius 3 is 2.65 bits per heavy atom. The average molecular weight is 326 g/mol. The van der Waals surface area contributed by atoms with E-state index in [4.69, 9.17) is 5.73 Å². The Kier molecular flexibility index (Phi) is 6.67. The van der Waals surface area contributed by atoms with Crippen LogP contribution in [0.15, 0.2) is 22.7 Å². The summed E-state index contributed by atoms with van der Waals surface area (Å²) in [5.41, 5.74) is 5.92. The molecule has 0 saturated carbocycles. The van der Waals surface area contributed by atoms with E-state index in [2.05, 4.69) is 15.9 Å². The van der Waals surface area contributed by atoms with Gasteiger partial charge in [-0.1, -0.05) is 0 Å². The Morgan fingerprint density at radius 1 is 1.59 bits per heavy atom. The zero-order valence-electron chi connectivity index (χ0n) is 9.61. The Bertz CT molecular complexity index is 403. The van der Waals surface area contributed by atoms with Gasteiger partial charge in [0.25, 0.3) is 5.91 Å². The van der Waals surface area contributed by atoms with Gasteiger partial charge in [0.15, 0.2) is 0 Å². The first-order valence-electron chi connectivity index (χ1n) is 4.89. The molecule has 17 heavy (non-hydrogen) atoms. The van der Waals surface area contributed by atoms with E-state index >= 15 is 0 Å². The van der Waals surface area contributed by atoms with Crippen LogP contribution in [0.4, 0.5) is 4.39 Å². The molecule has 1 atom stereocenters. The Hall–Kier alpha value is -0.650. The first-order valence-corrected chi connectivity index (χ1v) is 5.69. The van der Waals surface area contributed by atoms with Gasteiger partial charge in [0.2, 0.25) is 0 Å². The highest BCUT2D eigenvalue weighted by Gasteiger charge is 2.18. The van der Waals surface area contributed by atoms with Crippen LogP contribution in [0.3, 0.4) is 0 Å². The molecule has 1 rings (SSSR count). The molecule has 0 aliphatic heterocycles. The number of nitrogens with two attached hydrogens (primary N) is 1. The van der Waals surface area contributed by atoms with E-state index in [1.54, 1.807) is 7.05 Å². The van der Waals surface area contributed by atoms with Crippen molar-refractivity contribution in [3.05, 3.63) is 34.1 Å². The van der Waals surface area contributed by atoms with Crippen LogP contribution < -0.4 is 5.73 Å². The Morgan fingerprint density at radius 2 is 2.18 bits per heavy atom. The van der Waals surface area contributed by atoms with Gasteiger partial charge in [0.05, 0.1) is 5.56 Å². The van der Waals surface area contributed by atoms with Gasteiger partial charge in [-0.2, -0.15) is 0 Å². The monoisotopic (exact) mass is 324 g/mol. The molecule has 1 unspecified atom stereocenters. The molecule has 0 aliphatic carbocycles. The molecule has 0 spiro atoms. The van der Waals surface area contributed by atoms with Crippen LogP contribution in [0.1, 0.15) is 17.3 Å². The zero-order valence-corrected chi connectivity index (χ0v) is 12.0. The third kappa shape index (κ3) is 3.94. The molecule has 0 aliphatic rings. The maximum absolute atomic E-state index is 12.9. The van der Waals surface area contributed by atoms with Crippen LogP contribution in [0.2, 0.25) is 0 Å². The van der Waals surface area contributed by atoms with E-state index in [0.717, 1.165) is 0 Å². The molecular formula is C11H15BrClFN2O. The van der Waals surface area contributed by atoms with Crippen LogP contribution in [0.25, 0.3) is 0 Å². The van der Waals surface area contributed by atoms with Gasteiger partial charge < -0.3 is 10.6 Å². The van der Waals surface area contributed by atoms with Crippen molar-refractivity contribution in [2.24, 2.45) is 5.73 Å². The summed E-state index contributed by atoms with van der Waals surface area (Å²) in [5.74, 6) is -0.553. The summed E-state index contributed by atoms with van der Waals surface area (Å²) in [6.45, 7) is 2.25. The fraction of sp³-hybridized carbons (Fsp3) is 0.364. The summed E-state index contributed by atoms with van der Waals surface area (Å²) in [6, 6.07) is 3.94. The Labute approximate surface area is 115 Å². The summed E-state index contributed by atoms with van der Waals surface area (Å²) in [4.78, 5) is 13.5. The highest BCUT2D eigenvalue weighted by molar-refractivity contribution is 9.10. The Balaban J connectivity index is 0.00000256. The van der Waals surface area contributed by atoms with E-state index in [1.807, 2.05) is 6.92 Å². The van der Waals surface area contributed by atoms with Gasteiger partial charge >= 0.3 is 0 Å². The van der Waals surface area contributed by atoms with Gasteiger partial charge in [-0.15, -0.1) is 12.4 Å². The minimum Gasteiger partial charge on any atom is -0.338 e. The van der Waals surface area contributed by atoms with E-state index < -0.39 is 0 Å². The molecular weight excluding hydrogens is 310 g/mol. The third-order valence-electron chi connectivity index (χ3n) is 2.48. The molecule has 0 bridgehead atoms. The number of hydrogen-bond donors (Lipinski definition) is 1. The second-order valence-corrected chi connectivity index (χ2v) is 4.48. The smallest absolute Gasteiger partial charge is 0.255 e. The van der Waals surface area contributed by atoms with E-state index in [-0.39, 0.29) is 30.2 Å². The second kappa shape index (κ2) is 6.93. The second-order valence-electron chi connectivity index (χ2n) is 3.62. The summed E-state index contributed by atoms with van der Waals surface area (Å²) in [6.07, 6.45) is 0. The maximum Gasteiger partial charge on any atom is 0.255 e. The summed E-state index contributed by atoms with van der Waals surface area (Å²) < 4.78 is 13.3. The topological polar surface area (TPSA) is 46.3 Å². The quantitative estimate of drug-likeness (QED) is 0.928. The van der Waals surface area contributed by atoms with Gasteiger partial charge in [-0.25, -0.2) is 4.39 Å². The molecule has 1 aromatic rings. The van der Waals surface area contributed by atoms with Crippen molar-refractivity contribution in [3.63, 3.8) is 0 Å². The first-order chi connectivity index (χ1) is 7.47. The molecule has 0 aromatic heterocycles. The predicted octanol–water partition coefficient (Wildman–Crippen LogP) is 2.43. The lowest BCUT2D eigenvalue weighted by atomic mass is 10.1. The number of nitrogens with zero attached hydrogens (tertiary/aromatic N) is 1. The number of carbonyl (C=O) groups excluding carboxylic acids is 1. The van der Waals surface area contributed by atoms with Crippen molar-refractivity contribution in [3.8, 4) is 0 Å². The zero-order chi connectivity index (χ0) is 12.3. The molecule has 0 saturated heterocycles. The average Bonchev–Trinajstić information content (AvgIpc) is 2.26. The van der Waals surface area contributed by atoms with Crippen molar-refractivity contribution in [1.82, 2.24) is 4.90 Å². The minimum atomic E-state index is -0.377. The largest absolute Gasteiger partial charge is 0.338 e. The molecule has 2 N–H and O–H groups in total. The number of halogens is 3. The lowest BCUT2D eigenvalue weighted by Crippen LogP contribution is -2.39. The standard InChI is InChI=1S/C11H14BrFN2O.ClH/c1-7(6-14)15(2)11(16)9-4-3-8(13)5-10(9)12;/h3-5,7H,6,14H2,1-2H3;1H. The van der Waals surface area contributed by atoms with Crippen molar-refractivity contribution in [2.45, 2.75) is 13.0 Å². The fourth-order valence-corrected chi connectivity index (χ4v) is 1.73. The molecule has 1 aromatic carbocycles. The van der Waals surface area contributed by atoms with Gasteiger partial charge in [-0.3, -0.25) is 4.79 Å². The van der Waals surface area contributed by atoms with Crippen LogP contribution in [-0.4, -0.2) is 30.4 Å². The third-order valence-corrected chi connectivity index (χ3v) is 3.14. The highest BCUT2D eigenvalue weighted by atomic mass is 79.9. The van der Waals surface area contributed by atoms with Gasteiger partial charge in [0, 0.05) is 24.1 Å². The molecule has 0 fully saturated rings. The predicted molar refractivity (Wildman–Crippen MR) is 72.0 cm³/mol. The summed E-state index contributed by atoms with van der Waals surface area (Å²) in [5, 5.41) is 0. The lowest BCUT2D eigenvalue weighted by Gasteiger charge is -2.24. The molecule has 0 radical (unpaired) electrons. The van der Waals surface area contributed by atoms with Crippen molar-refractivity contribution >= 4 is 34.2 Å². The van der Waals surface area contributed by atoms with E-state index in [1.165, 1.54) is 23.1 Å². The maximum atomic E-state index is 12.9. The van der Waals surface area contributed by atoms with E-state index in [9.17, 15) is 9.18 Å². The number of likely N-dealkylation sites (N-methyl/N-ethyl adjacent to an activating group) is 1. The van der Waals surface area contributed by atoms with Crippen LogP contribution in [0, 0.1) is 5.82 Å². The number of rotatable bonds is 3. The van der Waals surface area contributed by atoms with Crippen molar-refractivity contribution < 1.29 is 9.18 Å². The molecule has 1 amide bonds. The van der Waals surface area contributed by atoms with E-state index in [0.29, 0.717) is 16.6 Å². The summed E-state index contributed by atoms with van der Waals surface area (Å²) in [7, 11) is 1.68.